The van der Waals surface area contributed by atoms with Gasteiger partial charge in [0.05, 0.1) is 29.8 Å². The van der Waals surface area contributed by atoms with E-state index in [9.17, 15) is 20.2 Å². The van der Waals surface area contributed by atoms with E-state index in [4.69, 9.17) is 5.41 Å². The van der Waals surface area contributed by atoms with Crippen LogP contribution in [-0.2, 0) is 0 Å². The molecule has 0 saturated heterocycles. The van der Waals surface area contributed by atoms with E-state index in [2.05, 4.69) is 13.0 Å². The Morgan fingerprint density at radius 2 is 1.88 bits per heavy atom. The van der Waals surface area contributed by atoms with Crippen LogP contribution in [0, 0.1) is 68.4 Å². The molecular weight excluding hydrogens is 315 g/mol. The number of nitrogens with zero attached hydrogens (tertiary/aromatic N) is 3. The number of nitrogens with one attached hydrogen (secondary N) is 1. The first kappa shape index (κ1) is 16.9. The Labute approximate surface area is 146 Å². The molecule has 0 amide bonds. The summed E-state index contributed by atoms with van der Waals surface area (Å²) in [5, 5.41) is 37.6. The molecule has 2 aliphatic carbocycles. The van der Waals surface area contributed by atoms with Crippen LogP contribution in [-0.4, -0.2) is 5.71 Å². The molecule has 0 aromatic heterocycles. The minimum Gasteiger partial charge on any atom is -0.305 e. The second-order valence-corrected chi connectivity index (χ2v) is 6.88. The lowest BCUT2D eigenvalue weighted by Gasteiger charge is -2.46. The molecule has 3 rings (SSSR count). The normalized spacial score (nSPS) is 30.2. The zero-order valence-corrected chi connectivity index (χ0v) is 13.8. The molecule has 4 atom stereocenters. The topological polar surface area (TPSA) is 95.2 Å². The second-order valence-electron chi connectivity index (χ2n) is 6.88. The summed E-state index contributed by atoms with van der Waals surface area (Å²) in [6.45, 7) is 2.06. The number of benzene rings is 1. The van der Waals surface area contributed by atoms with Gasteiger partial charge in [0.2, 0.25) is 5.41 Å². The van der Waals surface area contributed by atoms with Crippen LogP contribution in [0.1, 0.15) is 31.2 Å². The lowest BCUT2D eigenvalue weighted by Crippen LogP contribution is -2.48. The van der Waals surface area contributed by atoms with Crippen molar-refractivity contribution in [2.24, 2.45) is 23.2 Å². The smallest absolute Gasteiger partial charge is 0.203 e. The third-order valence-electron chi connectivity index (χ3n) is 5.48. The SMILES string of the molecule is C[C@@H]1CC=C2[C@@H](C1)[C@H](c1ccccc1F)[C@H](C#N)C(=N)C2(C#N)C#N. The van der Waals surface area contributed by atoms with Crippen LogP contribution in [0.15, 0.2) is 35.9 Å². The Morgan fingerprint density at radius 1 is 1.20 bits per heavy atom. The zero-order valence-electron chi connectivity index (χ0n) is 13.8. The first-order valence-electron chi connectivity index (χ1n) is 8.26. The van der Waals surface area contributed by atoms with Crippen molar-refractivity contribution >= 4 is 5.71 Å². The van der Waals surface area contributed by atoms with E-state index < -0.39 is 23.1 Å². The zero-order chi connectivity index (χ0) is 18.2. The number of hydrogen-bond donors (Lipinski definition) is 1. The fraction of sp³-hybridized carbons (Fsp3) is 0.400. The van der Waals surface area contributed by atoms with Gasteiger partial charge >= 0.3 is 0 Å². The van der Waals surface area contributed by atoms with E-state index in [0.717, 1.165) is 0 Å². The van der Waals surface area contributed by atoms with E-state index in [1.54, 1.807) is 18.2 Å². The number of fused-ring (bicyclic) bond motifs is 1. The van der Waals surface area contributed by atoms with E-state index in [1.807, 2.05) is 18.2 Å². The Balaban J connectivity index is 2.26. The molecule has 4 nitrogen and oxygen atoms in total. The van der Waals surface area contributed by atoms with Crippen LogP contribution in [0.5, 0.6) is 0 Å². The highest BCUT2D eigenvalue weighted by Crippen LogP contribution is 2.55. The summed E-state index contributed by atoms with van der Waals surface area (Å²) in [7, 11) is 0. The van der Waals surface area contributed by atoms with Gasteiger partial charge in [0.25, 0.3) is 0 Å². The number of allylic oxidation sites excluding steroid dienone is 2. The van der Waals surface area contributed by atoms with Crippen LogP contribution in [0.25, 0.3) is 0 Å². The van der Waals surface area contributed by atoms with Crippen LogP contribution < -0.4 is 0 Å². The van der Waals surface area contributed by atoms with Gasteiger partial charge in [-0.15, -0.1) is 0 Å². The van der Waals surface area contributed by atoms with Crippen molar-refractivity contribution in [1.82, 2.24) is 0 Å². The Kier molecular flexibility index (Phi) is 4.15. The fourth-order valence-corrected chi connectivity index (χ4v) is 4.27. The van der Waals surface area contributed by atoms with Crippen molar-refractivity contribution in [3.63, 3.8) is 0 Å². The molecule has 2 aliphatic rings. The molecule has 0 radical (unpaired) electrons. The van der Waals surface area contributed by atoms with Crippen LogP contribution in [0.4, 0.5) is 4.39 Å². The van der Waals surface area contributed by atoms with Crippen molar-refractivity contribution < 1.29 is 4.39 Å². The molecule has 25 heavy (non-hydrogen) atoms. The van der Waals surface area contributed by atoms with Crippen molar-refractivity contribution in [3.05, 3.63) is 47.3 Å². The summed E-state index contributed by atoms with van der Waals surface area (Å²) >= 11 is 0. The van der Waals surface area contributed by atoms with Gasteiger partial charge in [-0.1, -0.05) is 31.2 Å². The summed E-state index contributed by atoms with van der Waals surface area (Å²) in [4.78, 5) is 0. The van der Waals surface area contributed by atoms with Gasteiger partial charge in [-0.3, -0.25) is 0 Å². The molecule has 0 aliphatic heterocycles. The molecule has 1 N–H and O–H groups in total. The molecular formula is C20H17FN4. The van der Waals surface area contributed by atoms with Gasteiger partial charge in [-0.2, -0.15) is 15.8 Å². The van der Waals surface area contributed by atoms with Crippen LogP contribution in [0.2, 0.25) is 0 Å². The predicted octanol–water partition coefficient (Wildman–Crippen LogP) is 4.09. The van der Waals surface area contributed by atoms with Gasteiger partial charge in [-0.25, -0.2) is 4.39 Å². The molecule has 1 fully saturated rings. The molecule has 1 aromatic carbocycles. The molecule has 1 aromatic rings. The van der Waals surface area contributed by atoms with E-state index in [-0.39, 0.29) is 11.6 Å². The number of rotatable bonds is 1. The lowest BCUT2D eigenvalue weighted by molar-refractivity contribution is 0.294. The highest BCUT2D eigenvalue weighted by molar-refractivity contribution is 6.01. The van der Waals surface area contributed by atoms with Crippen LogP contribution in [0.3, 0.4) is 0 Å². The Bertz CT molecular complexity index is 866. The molecule has 5 heteroatoms. The predicted molar refractivity (Wildman–Crippen MR) is 89.6 cm³/mol. The standard InChI is InChI=1S/C20H17FN4/c1-12-6-7-16-14(8-12)18(13-4-2-3-5-17(13)21)15(9-22)19(25)20(16,10-23)11-24/h2-5,7,12,14-15,18,25H,6,8H2,1H3/t12-,14-,15+,18+/m1/s1. The summed E-state index contributed by atoms with van der Waals surface area (Å²) in [6.07, 6.45) is 3.24. The number of hydrogen-bond acceptors (Lipinski definition) is 4. The van der Waals surface area contributed by atoms with Crippen molar-refractivity contribution in [3.8, 4) is 18.2 Å². The first-order valence-corrected chi connectivity index (χ1v) is 8.26. The fourth-order valence-electron chi connectivity index (χ4n) is 4.27. The molecule has 1 saturated carbocycles. The van der Waals surface area contributed by atoms with Gasteiger partial charge < -0.3 is 5.41 Å². The van der Waals surface area contributed by atoms with E-state index >= 15 is 0 Å². The third-order valence-corrected chi connectivity index (χ3v) is 5.48. The summed E-state index contributed by atoms with van der Waals surface area (Å²) in [6, 6.07) is 12.3. The van der Waals surface area contributed by atoms with Gasteiger partial charge in [0, 0.05) is 5.92 Å². The number of halogens is 1. The second kappa shape index (κ2) is 6.15. The summed E-state index contributed by atoms with van der Waals surface area (Å²) < 4.78 is 14.5. The largest absolute Gasteiger partial charge is 0.305 e. The minimum absolute atomic E-state index is 0.231. The van der Waals surface area contributed by atoms with Gasteiger partial charge in [0.15, 0.2) is 0 Å². The van der Waals surface area contributed by atoms with Gasteiger partial charge in [-0.05, 0) is 41.9 Å². The summed E-state index contributed by atoms with van der Waals surface area (Å²) in [5.74, 6) is -1.95. The Hall–Kier alpha value is -2.97. The lowest BCUT2D eigenvalue weighted by atomic mass is 9.53. The monoisotopic (exact) mass is 332 g/mol. The molecule has 124 valence electrons. The maximum atomic E-state index is 14.5. The van der Waals surface area contributed by atoms with Crippen molar-refractivity contribution in [1.29, 1.82) is 21.2 Å². The minimum atomic E-state index is -1.72. The first-order chi connectivity index (χ1) is 12.0. The van der Waals surface area contributed by atoms with Crippen molar-refractivity contribution in [2.45, 2.75) is 25.7 Å². The van der Waals surface area contributed by atoms with Crippen LogP contribution >= 0.6 is 0 Å². The average molecular weight is 332 g/mol. The van der Waals surface area contributed by atoms with E-state index in [0.29, 0.717) is 29.9 Å². The van der Waals surface area contributed by atoms with E-state index in [1.165, 1.54) is 6.07 Å². The molecule has 0 spiro atoms. The average Bonchev–Trinajstić information content (AvgIpc) is 2.62. The molecule has 0 unspecified atom stereocenters. The molecule has 0 heterocycles. The highest BCUT2D eigenvalue weighted by atomic mass is 19.1. The maximum absolute atomic E-state index is 14.5. The Morgan fingerprint density at radius 3 is 2.48 bits per heavy atom. The third kappa shape index (κ3) is 2.34. The molecule has 0 bridgehead atoms. The highest BCUT2D eigenvalue weighted by Gasteiger charge is 2.56. The quantitative estimate of drug-likeness (QED) is 0.785. The maximum Gasteiger partial charge on any atom is 0.203 e. The number of nitriles is 3. The van der Waals surface area contributed by atoms with Gasteiger partial charge in [0.1, 0.15) is 5.82 Å². The van der Waals surface area contributed by atoms with Crippen molar-refractivity contribution in [2.75, 3.05) is 0 Å². The summed E-state index contributed by atoms with van der Waals surface area (Å²) in [5.41, 5.74) is -0.994.